The second-order valence-electron chi connectivity index (χ2n) is 5.97. The molecule has 1 aromatic carbocycles. The zero-order valence-electron chi connectivity index (χ0n) is 14.9. The number of alkyl carbamates (subject to hydrolysis) is 1. The van der Waals surface area contributed by atoms with E-state index in [2.05, 4.69) is 52.5 Å². The monoisotopic (exact) mass is 519 g/mol. The maximum atomic E-state index is 12.2. The van der Waals surface area contributed by atoms with Crippen LogP contribution in [0.25, 0.3) is 0 Å². The number of hydrogen-bond acceptors (Lipinski definition) is 6. The van der Waals surface area contributed by atoms with E-state index in [0.29, 0.717) is 25.1 Å². The zero-order valence-corrected chi connectivity index (χ0v) is 18.1. The number of carbonyl (C=O) groups excluding carboxylic acids is 4. The third kappa shape index (κ3) is 6.79. The molecule has 0 saturated carbocycles. The minimum atomic E-state index is -1.000. The van der Waals surface area contributed by atoms with E-state index in [1.807, 2.05) is 0 Å². The largest absolute Gasteiger partial charge is 0.453 e. The Labute approximate surface area is 178 Å². The lowest BCUT2D eigenvalue weighted by atomic mass is 10.0. The molecule has 1 aliphatic rings. The van der Waals surface area contributed by atoms with E-state index in [1.54, 1.807) is 18.2 Å². The molecule has 3 N–H and O–H groups in total. The predicted octanol–water partition coefficient (Wildman–Crippen LogP) is 1.63. The van der Waals surface area contributed by atoms with Crippen LogP contribution in [0.2, 0.25) is 0 Å². The van der Waals surface area contributed by atoms with Gasteiger partial charge in [0.2, 0.25) is 11.8 Å². The lowest BCUT2D eigenvalue weighted by molar-refractivity contribution is -0.142. The number of carbonyl (C=O) groups is 4. The summed E-state index contributed by atoms with van der Waals surface area (Å²) in [6, 6.07) is 3.29. The summed E-state index contributed by atoms with van der Waals surface area (Å²) in [5.74, 6) is -1.19. The van der Waals surface area contributed by atoms with Crippen molar-refractivity contribution in [3.05, 3.63) is 27.1 Å². The summed E-state index contributed by atoms with van der Waals surface area (Å²) in [4.78, 5) is 47.4. The van der Waals surface area contributed by atoms with Crippen LogP contribution in [0.15, 0.2) is 27.1 Å². The average Bonchev–Trinajstić information content (AvgIpc) is 2.61. The Balaban J connectivity index is 1.81. The molecular weight excluding hydrogens is 502 g/mol. The van der Waals surface area contributed by atoms with Crippen LogP contribution in [-0.2, 0) is 19.1 Å². The van der Waals surface area contributed by atoms with Gasteiger partial charge in [0.05, 0.1) is 13.5 Å². The molecule has 152 valence electrons. The van der Waals surface area contributed by atoms with E-state index < -0.39 is 30.1 Å². The number of halogens is 2. The summed E-state index contributed by atoms with van der Waals surface area (Å²) in [5, 5.41) is 7.61. The van der Waals surface area contributed by atoms with E-state index in [0.717, 1.165) is 8.95 Å². The highest BCUT2D eigenvalue weighted by Crippen LogP contribution is 2.25. The summed E-state index contributed by atoms with van der Waals surface area (Å²) >= 11 is 6.58. The van der Waals surface area contributed by atoms with E-state index in [-0.39, 0.29) is 12.3 Å². The number of ether oxygens (including phenoxy) is 2. The number of amides is 3. The Bertz CT molecular complexity index is 753. The maximum Gasteiger partial charge on any atom is 0.406 e. The lowest BCUT2D eigenvalue weighted by Crippen LogP contribution is -2.62. The fourth-order valence-electron chi connectivity index (χ4n) is 2.52. The number of benzene rings is 1. The number of hydrogen-bond donors (Lipinski definition) is 3. The molecule has 1 saturated heterocycles. The molecule has 0 bridgehead atoms. The van der Waals surface area contributed by atoms with Crippen molar-refractivity contribution in [3.8, 4) is 5.75 Å². The molecule has 28 heavy (non-hydrogen) atoms. The predicted molar refractivity (Wildman–Crippen MR) is 106 cm³/mol. The van der Waals surface area contributed by atoms with Crippen LogP contribution >= 0.6 is 31.9 Å². The highest BCUT2D eigenvalue weighted by atomic mass is 79.9. The molecule has 0 aromatic heterocycles. The molecule has 0 aliphatic carbocycles. The van der Waals surface area contributed by atoms with E-state index in [1.165, 1.54) is 7.11 Å². The van der Waals surface area contributed by atoms with Gasteiger partial charge >= 0.3 is 12.1 Å². The Morgan fingerprint density at radius 1 is 1.07 bits per heavy atom. The van der Waals surface area contributed by atoms with E-state index in [9.17, 15) is 19.2 Å². The van der Waals surface area contributed by atoms with Crippen molar-refractivity contribution < 1.29 is 28.7 Å². The first-order chi connectivity index (χ1) is 13.3. The van der Waals surface area contributed by atoms with Gasteiger partial charge in [0.25, 0.3) is 0 Å². The fraction of sp³-hybridized carbons (Fsp3) is 0.412. The lowest BCUT2D eigenvalue weighted by Gasteiger charge is -2.29. The van der Waals surface area contributed by atoms with Gasteiger partial charge in [-0.1, -0.05) is 31.9 Å². The van der Waals surface area contributed by atoms with Crippen LogP contribution in [0.5, 0.6) is 5.75 Å². The van der Waals surface area contributed by atoms with Crippen LogP contribution in [0.3, 0.4) is 0 Å². The quantitative estimate of drug-likeness (QED) is 0.285. The third-order valence-corrected chi connectivity index (χ3v) is 4.74. The molecule has 1 heterocycles. The van der Waals surface area contributed by atoms with Crippen molar-refractivity contribution in [1.82, 2.24) is 16.0 Å². The molecular formula is C17H19Br2N3O6. The highest BCUT2D eigenvalue weighted by Gasteiger charge is 2.34. The van der Waals surface area contributed by atoms with Crippen LogP contribution in [-0.4, -0.2) is 49.6 Å². The minimum Gasteiger partial charge on any atom is -0.453 e. The van der Waals surface area contributed by atoms with Crippen LogP contribution in [0, 0.1) is 0 Å². The van der Waals surface area contributed by atoms with Crippen molar-refractivity contribution in [2.45, 2.75) is 31.3 Å². The van der Waals surface area contributed by atoms with Gasteiger partial charge in [0, 0.05) is 15.5 Å². The Morgan fingerprint density at radius 2 is 1.68 bits per heavy atom. The summed E-state index contributed by atoms with van der Waals surface area (Å²) in [6.07, 6.45) is -0.0469. The highest BCUT2D eigenvalue weighted by molar-refractivity contribution is 9.11. The van der Waals surface area contributed by atoms with Gasteiger partial charge in [0.15, 0.2) is 0 Å². The standard InChI is InChI=1S/C17H19Br2N3O6/c1-27-17(26)20-4-2-3-12-15(24)22-13(16(25)21-12)8-14(23)28-11-6-9(18)5-10(19)7-11/h5-7,12-13H,2-4,8H2,1H3,(H,20,26)(H,21,25)(H,22,24). The fourth-order valence-corrected chi connectivity index (χ4v) is 3.77. The molecule has 1 fully saturated rings. The maximum absolute atomic E-state index is 12.2. The summed E-state index contributed by atoms with van der Waals surface area (Å²) < 4.78 is 11.1. The molecule has 0 radical (unpaired) electrons. The molecule has 3 amide bonds. The second kappa shape index (κ2) is 10.4. The molecule has 0 spiro atoms. The van der Waals surface area contributed by atoms with Crippen LogP contribution < -0.4 is 20.7 Å². The molecule has 2 atom stereocenters. The Hall–Kier alpha value is -2.14. The first-order valence-electron chi connectivity index (χ1n) is 8.38. The molecule has 9 nitrogen and oxygen atoms in total. The zero-order chi connectivity index (χ0) is 20.7. The molecule has 2 unspecified atom stereocenters. The summed E-state index contributed by atoms with van der Waals surface area (Å²) in [6.45, 7) is 0.310. The topological polar surface area (TPSA) is 123 Å². The Morgan fingerprint density at radius 3 is 2.32 bits per heavy atom. The SMILES string of the molecule is COC(=O)NCCCC1NC(=O)C(CC(=O)Oc2cc(Br)cc(Br)c2)NC1=O. The minimum absolute atomic E-state index is 0.293. The van der Waals surface area contributed by atoms with Crippen LogP contribution in [0.4, 0.5) is 4.79 Å². The van der Waals surface area contributed by atoms with Crippen LogP contribution in [0.1, 0.15) is 19.3 Å². The van der Waals surface area contributed by atoms with Gasteiger partial charge in [0.1, 0.15) is 17.8 Å². The number of piperazine rings is 1. The third-order valence-electron chi connectivity index (χ3n) is 3.83. The number of methoxy groups -OCH3 is 1. The summed E-state index contributed by atoms with van der Waals surface area (Å²) in [5.41, 5.74) is 0. The average molecular weight is 521 g/mol. The molecule has 1 aromatic rings. The van der Waals surface area contributed by atoms with Crippen molar-refractivity contribution in [2.75, 3.05) is 13.7 Å². The van der Waals surface area contributed by atoms with E-state index >= 15 is 0 Å². The van der Waals surface area contributed by atoms with Gasteiger partial charge in [-0.3, -0.25) is 14.4 Å². The molecule has 1 aliphatic heterocycles. The molecule has 11 heteroatoms. The number of nitrogens with one attached hydrogen (secondary N) is 3. The van der Waals surface area contributed by atoms with Crippen molar-refractivity contribution in [1.29, 1.82) is 0 Å². The van der Waals surface area contributed by atoms with Gasteiger partial charge < -0.3 is 25.4 Å². The van der Waals surface area contributed by atoms with E-state index in [4.69, 9.17) is 4.74 Å². The second-order valence-corrected chi connectivity index (χ2v) is 7.80. The molecule has 2 rings (SSSR count). The number of esters is 1. The first-order valence-corrected chi connectivity index (χ1v) is 9.96. The van der Waals surface area contributed by atoms with Gasteiger partial charge in [-0.2, -0.15) is 0 Å². The first kappa shape index (κ1) is 22.2. The van der Waals surface area contributed by atoms with Crippen molar-refractivity contribution >= 4 is 55.7 Å². The van der Waals surface area contributed by atoms with Crippen molar-refractivity contribution in [3.63, 3.8) is 0 Å². The van der Waals surface area contributed by atoms with Gasteiger partial charge in [-0.25, -0.2) is 4.79 Å². The summed E-state index contributed by atoms with van der Waals surface area (Å²) in [7, 11) is 1.25. The smallest absolute Gasteiger partial charge is 0.406 e. The van der Waals surface area contributed by atoms with Crippen molar-refractivity contribution in [2.24, 2.45) is 0 Å². The van der Waals surface area contributed by atoms with Gasteiger partial charge in [-0.05, 0) is 31.0 Å². The van der Waals surface area contributed by atoms with Gasteiger partial charge in [-0.15, -0.1) is 0 Å². The normalized spacial score (nSPS) is 18.7. The Kier molecular flexibility index (Phi) is 8.24. The number of rotatable bonds is 7.